The van der Waals surface area contributed by atoms with Crippen LogP contribution in [0.1, 0.15) is 32.6 Å². The van der Waals surface area contributed by atoms with Gasteiger partial charge in [0.05, 0.1) is 6.61 Å². The summed E-state index contributed by atoms with van der Waals surface area (Å²) >= 11 is 0. The van der Waals surface area contributed by atoms with E-state index in [-0.39, 0.29) is 24.6 Å². The standard InChI is InChI=1S/C14H23F3N2O2/c1-11(20)19-7-3-5-13(19)12-4-2-6-18(12)8-9-21-10-14(15,16)17/h12-13H,2-10H2,1H3/t12-,13+/m1/s1. The number of alkyl halides is 3. The van der Waals surface area contributed by atoms with E-state index in [1.54, 1.807) is 6.92 Å². The summed E-state index contributed by atoms with van der Waals surface area (Å²) in [5.41, 5.74) is 0. The Kier molecular flexibility index (Phi) is 5.48. The van der Waals surface area contributed by atoms with Crippen LogP contribution in [0.3, 0.4) is 0 Å². The molecule has 2 rings (SSSR count). The van der Waals surface area contributed by atoms with Gasteiger partial charge in [0.15, 0.2) is 0 Å². The minimum atomic E-state index is -4.26. The second-order valence-corrected chi connectivity index (χ2v) is 5.84. The molecular formula is C14H23F3N2O2. The Morgan fingerprint density at radius 1 is 1.19 bits per heavy atom. The molecule has 0 aliphatic carbocycles. The second-order valence-electron chi connectivity index (χ2n) is 5.84. The molecule has 2 aliphatic heterocycles. The summed E-state index contributed by atoms with van der Waals surface area (Å²) in [6.45, 7) is 2.67. The summed E-state index contributed by atoms with van der Waals surface area (Å²) in [5, 5.41) is 0. The van der Waals surface area contributed by atoms with Crippen LogP contribution in [-0.2, 0) is 9.53 Å². The molecular weight excluding hydrogens is 285 g/mol. The number of rotatable bonds is 5. The topological polar surface area (TPSA) is 32.8 Å². The summed E-state index contributed by atoms with van der Waals surface area (Å²) in [4.78, 5) is 15.7. The molecule has 0 radical (unpaired) electrons. The SMILES string of the molecule is CC(=O)N1CCC[C@H]1[C@H]1CCCN1CCOCC(F)(F)F. The van der Waals surface area contributed by atoms with Gasteiger partial charge >= 0.3 is 6.18 Å². The maximum Gasteiger partial charge on any atom is 0.411 e. The number of likely N-dealkylation sites (tertiary alicyclic amines) is 2. The smallest absolute Gasteiger partial charge is 0.371 e. The van der Waals surface area contributed by atoms with Gasteiger partial charge in [-0.2, -0.15) is 13.2 Å². The molecule has 2 saturated heterocycles. The van der Waals surface area contributed by atoms with Gasteiger partial charge < -0.3 is 9.64 Å². The first-order valence-electron chi connectivity index (χ1n) is 7.54. The first kappa shape index (κ1) is 16.5. The van der Waals surface area contributed by atoms with E-state index in [1.165, 1.54) is 0 Å². The van der Waals surface area contributed by atoms with Crippen LogP contribution in [0.2, 0.25) is 0 Å². The number of amides is 1. The Balaban J connectivity index is 1.81. The van der Waals surface area contributed by atoms with E-state index >= 15 is 0 Å². The third-order valence-electron chi connectivity index (χ3n) is 4.35. The molecule has 2 atom stereocenters. The zero-order valence-corrected chi connectivity index (χ0v) is 12.4. The molecule has 21 heavy (non-hydrogen) atoms. The van der Waals surface area contributed by atoms with Crippen LogP contribution in [0.25, 0.3) is 0 Å². The molecule has 4 nitrogen and oxygen atoms in total. The van der Waals surface area contributed by atoms with Gasteiger partial charge in [0.25, 0.3) is 0 Å². The van der Waals surface area contributed by atoms with Crippen molar-refractivity contribution in [3.8, 4) is 0 Å². The van der Waals surface area contributed by atoms with Gasteiger partial charge in [0.2, 0.25) is 5.91 Å². The number of nitrogens with zero attached hydrogens (tertiary/aromatic N) is 2. The average molecular weight is 308 g/mol. The van der Waals surface area contributed by atoms with Crippen LogP contribution < -0.4 is 0 Å². The van der Waals surface area contributed by atoms with E-state index in [1.807, 2.05) is 4.90 Å². The van der Waals surface area contributed by atoms with E-state index in [4.69, 9.17) is 4.74 Å². The lowest BCUT2D eigenvalue weighted by Gasteiger charge is -2.34. The molecule has 2 heterocycles. The van der Waals surface area contributed by atoms with E-state index < -0.39 is 12.8 Å². The molecule has 0 aromatic heterocycles. The van der Waals surface area contributed by atoms with Crippen LogP contribution in [0.5, 0.6) is 0 Å². The van der Waals surface area contributed by atoms with Crippen molar-refractivity contribution in [3.63, 3.8) is 0 Å². The van der Waals surface area contributed by atoms with E-state index in [2.05, 4.69) is 4.90 Å². The maximum atomic E-state index is 12.0. The summed E-state index contributed by atoms with van der Waals surface area (Å²) < 4.78 is 40.8. The maximum absolute atomic E-state index is 12.0. The third kappa shape index (κ3) is 4.57. The second kappa shape index (κ2) is 6.96. The largest absolute Gasteiger partial charge is 0.411 e. The van der Waals surface area contributed by atoms with Crippen molar-refractivity contribution in [1.29, 1.82) is 0 Å². The molecule has 2 fully saturated rings. The fourth-order valence-electron chi connectivity index (χ4n) is 3.52. The van der Waals surface area contributed by atoms with Crippen molar-refractivity contribution >= 4 is 5.91 Å². The normalized spacial score (nSPS) is 27.5. The molecule has 0 aromatic rings. The minimum absolute atomic E-state index is 0.0861. The molecule has 0 spiro atoms. The van der Waals surface area contributed by atoms with E-state index in [0.717, 1.165) is 38.8 Å². The fourth-order valence-corrected chi connectivity index (χ4v) is 3.52. The molecule has 0 unspecified atom stereocenters. The zero-order chi connectivity index (χ0) is 15.5. The number of carbonyl (C=O) groups is 1. The number of halogens is 3. The first-order chi connectivity index (χ1) is 9.88. The molecule has 0 bridgehead atoms. The number of carbonyl (C=O) groups excluding carboxylic acids is 1. The lowest BCUT2D eigenvalue weighted by Crippen LogP contribution is -2.48. The predicted octanol–water partition coefficient (Wildman–Crippen LogP) is 2.04. The van der Waals surface area contributed by atoms with E-state index in [0.29, 0.717) is 6.54 Å². The summed E-state index contributed by atoms with van der Waals surface area (Å²) in [6, 6.07) is 0.485. The first-order valence-corrected chi connectivity index (χ1v) is 7.54. The van der Waals surface area contributed by atoms with Crippen molar-refractivity contribution < 1.29 is 22.7 Å². The van der Waals surface area contributed by atoms with Crippen molar-refractivity contribution in [1.82, 2.24) is 9.80 Å². The van der Waals surface area contributed by atoms with Crippen LogP contribution in [0.4, 0.5) is 13.2 Å². The van der Waals surface area contributed by atoms with Crippen LogP contribution in [0, 0.1) is 0 Å². The third-order valence-corrected chi connectivity index (χ3v) is 4.35. The van der Waals surface area contributed by atoms with Crippen molar-refractivity contribution in [3.05, 3.63) is 0 Å². The molecule has 2 aliphatic rings. The highest BCUT2D eigenvalue weighted by atomic mass is 19.4. The van der Waals surface area contributed by atoms with Gasteiger partial charge in [-0.1, -0.05) is 0 Å². The number of hydrogen-bond acceptors (Lipinski definition) is 3. The minimum Gasteiger partial charge on any atom is -0.371 e. The summed E-state index contributed by atoms with van der Waals surface area (Å²) in [5.74, 6) is 0.0951. The van der Waals surface area contributed by atoms with Gasteiger partial charge in [-0.25, -0.2) is 0 Å². The van der Waals surface area contributed by atoms with Crippen molar-refractivity contribution in [2.75, 3.05) is 32.8 Å². The van der Waals surface area contributed by atoms with Gasteiger partial charge in [-0.15, -0.1) is 0 Å². The molecule has 122 valence electrons. The van der Waals surface area contributed by atoms with Crippen LogP contribution >= 0.6 is 0 Å². The molecule has 7 heteroatoms. The molecule has 0 saturated carbocycles. The number of ether oxygens (including phenoxy) is 1. The molecule has 0 N–H and O–H groups in total. The quantitative estimate of drug-likeness (QED) is 0.729. The van der Waals surface area contributed by atoms with E-state index in [9.17, 15) is 18.0 Å². The Bertz CT molecular complexity index is 363. The van der Waals surface area contributed by atoms with Gasteiger partial charge in [0.1, 0.15) is 6.61 Å². The van der Waals surface area contributed by atoms with Gasteiger partial charge in [-0.05, 0) is 32.2 Å². The highest BCUT2D eigenvalue weighted by Gasteiger charge is 2.38. The Labute approximate surface area is 123 Å². The lowest BCUT2D eigenvalue weighted by atomic mass is 10.0. The van der Waals surface area contributed by atoms with Crippen molar-refractivity contribution in [2.24, 2.45) is 0 Å². The monoisotopic (exact) mass is 308 g/mol. The summed E-state index contributed by atoms with van der Waals surface area (Å²) in [7, 11) is 0. The Morgan fingerprint density at radius 2 is 1.86 bits per heavy atom. The lowest BCUT2D eigenvalue weighted by molar-refractivity contribution is -0.174. The number of hydrogen-bond donors (Lipinski definition) is 0. The predicted molar refractivity (Wildman–Crippen MR) is 71.9 cm³/mol. The average Bonchev–Trinajstić information content (AvgIpc) is 3.01. The summed E-state index contributed by atoms with van der Waals surface area (Å²) in [6.07, 6.45) is -0.218. The molecule has 0 aromatic carbocycles. The Hall–Kier alpha value is -0.820. The van der Waals surface area contributed by atoms with Gasteiger partial charge in [0, 0.05) is 32.1 Å². The Morgan fingerprint density at radius 3 is 2.52 bits per heavy atom. The van der Waals surface area contributed by atoms with Crippen LogP contribution in [-0.4, -0.2) is 66.8 Å². The highest BCUT2D eigenvalue weighted by molar-refractivity contribution is 5.74. The fraction of sp³-hybridized carbons (Fsp3) is 0.929. The zero-order valence-electron chi connectivity index (χ0n) is 12.4. The van der Waals surface area contributed by atoms with Crippen LogP contribution in [0.15, 0.2) is 0 Å². The van der Waals surface area contributed by atoms with Crippen molar-refractivity contribution in [2.45, 2.75) is 50.9 Å². The highest BCUT2D eigenvalue weighted by Crippen LogP contribution is 2.29. The van der Waals surface area contributed by atoms with Gasteiger partial charge in [-0.3, -0.25) is 9.69 Å². The molecule has 1 amide bonds.